The molecule has 0 saturated carbocycles. The number of nitrogens with zero attached hydrogens (tertiary/aromatic N) is 2. The van der Waals surface area contributed by atoms with E-state index in [1.165, 1.54) is 18.6 Å². The smallest absolute Gasteiger partial charge is 0.201 e. The van der Waals surface area contributed by atoms with Crippen LogP contribution in [0.5, 0.6) is 0 Å². The second-order valence-corrected chi connectivity index (χ2v) is 4.99. The van der Waals surface area contributed by atoms with Gasteiger partial charge in [-0.05, 0) is 12.1 Å². The van der Waals surface area contributed by atoms with E-state index >= 15 is 0 Å². The maximum atomic E-state index is 13.9. The van der Waals surface area contributed by atoms with Gasteiger partial charge in [0.05, 0.1) is 23.1 Å². The first-order valence-electron chi connectivity index (χ1n) is 7.17. The molecule has 8 heteroatoms. The number of hydrogen-bond donors (Lipinski definition) is 2. The number of halogens is 2. The van der Waals surface area contributed by atoms with Crippen molar-refractivity contribution in [3.05, 3.63) is 53.5 Å². The van der Waals surface area contributed by atoms with Gasteiger partial charge in [-0.25, -0.2) is 18.7 Å². The van der Waals surface area contributed by atoms with Crippen molar-refractivity contribution in [3.8, 4) is 0 Å². The van der Waals surface area contributed by atoms with Crippen LogP contribution in [0.1, 0.15) is 15.9 Å². The lowest BCUT2D eigenvalue weighted by molar-refractivity contribution is 0.103. The van der Waals surface area contributed by atoms with Crippen LogP contribution in [0.15, 0.2) is 30.7 Å². The molecule has 124 valence electrons. The SMILES string of the molecule is COCCNc1ncnc2[nH]cc(C(=O)c3c(F)cccc3F)c12. The highest BCUT2D eigenvalue weighted by Crippen LogP contribution is 2.27. The van der Waals surface area contributed by atoms with Crippen molar-refractivity contribution in [3.63, 3.8) is 0 Å². The lowest BCUT2D eigenvalue weighted by Gasteiger charge is -2.08. The lowest BCUT2D eigenvalue weighted by atomic mass is 10.0. The van der Waals surface area contributed by atoms with Crippen LogP contribution < -0.4 is 5.32 Å². The van der Waals surface area contributed by atoms with Crippen LogP contribution in [-0.4, -0.2) is 41.0 Å². The highest BCUT2D eigenvalue weighted by Gasteiger charge is 2.23. The van der Waals surface area contributed by atoms with Crippen LogP contribution in [0.2, 0.25) is 0 Å². The molecule has 0 atom stereocenters. The number of ether oxygens (including phenoxy) is 1. The fourth-order valence-electron chi connectivity index (χ4n) is 2.40. The average Bonchev–Trinajstić information content (AvgIpc) is 3.00. The molecule has 0 aliphatic rings. The molecule has 6 nitrogen and oxygen atoms in total. The summed E-state index contributed by atoms with van der Waals surface area (Å²) < 4.78 is 32.8. The number of methoxy groups -OCH3 is 1. The van der Waals surface area contributed by atoms with Gasteiger partial charge in [-0.2, -0.15) is 0 Å². The molecule has 0 aliphatic heterocycles. The lowest BCUT2D eigenvalue weighted by Crippen LogP contribution is -2.11. The summed E-state index contributed by atoms with van der Waals surface area (Å²) in [5.41, 5.74) is -0.121. The number of ketones is 1. The van der Waals surface area contributed by atoms with Crippen LogP contribution in [0, 0.1) is 11.6 Å². The van der Waals surface area contributed by atoms with Gasteiger partial charge in [0.25, 0.3) is 0 Å². The van der Waals surface area contributed by atoms with E-state index in [-0.39, 0.29) is 5.56 Å². The zero-order valence-corrected chi connectivity index (χ0v) is 12.8. The number of anilines is 1. The van der Waals surface area contributed by atoms with E-state index in [2.05, 4.69) is 20.3 Å². The van der Waals surface area contributed by atoms with Gasteiger partial charge >= 0.3 is 0 Å². The summed E-state index contributed by atoms with van der Waals surface area (Å²) in [5, 5.41) is 3.39. The fourth-order valence-corrected chi connectivity index (χ4v) is 2.40. The molecule has 0 spiro atoms. The Morgan fingerprint density at radius 2 is 2.04 bits per heavy atom. The topological polar surface area (TPSA) is 79.9 Å². The normalized spacial score (nSPS) is 11.0. The van der Waals surface area contributed by atoms with Crippen LogP contribution in [0.25, 0.3) is 11.0 Å². The Kier molecular flexibility index (Phi) is 4.48. The van der Waals surface area contributed by atoms with E-state index in [1.807, 2.05) is 0 Å². The molecule has 0 aliphatic carbocycles. The van der Waals surface area contributed by atoms with Crippen molar-refractivity contribution in [2.75, 3.05) is 25.6 Å². The van der Waals surface area contributed by atoms with Crippen LogP contribution >= 0.6 is 0 Å². The van der Waals surface area contributed by atoms with E-state index in [1.54, 1.807) is 7.11 Å². The number of aromatic nitrogens is 3. The molecule has 0 saturated heterocycles. The third-order valence-electron chi connectivity index (χ3n) is 3.50. The van der Waals surface area contributed by atoms with Crippen LogP contribution in [0.3, 0.4) is 0 Å². The summed E-state index contributed by atoms with van der Waals surface area (Å²) in [6, 6.07) is 3.29. The molecule has 0 fully saturated rings. The summed E-state index contributed by atoms with van der Waals surface area (Å²) >= 11 is 0. The summed E-state index contributed by atoms with van der Waals surface area (Å²) in [6.07, 6.45) is 2.70. The van der Waals surface area contributed by atoms with Gasteiger partial charge in [-0.3, -0.25) is 4.79 Å². The van der Waals surface area contributed by atoms with E-state index in [4.69, 9.17) is 4.74 Å². The Balaban J connectivity index is 2.08. The van der Waals surface area contributed by atoms with Gasteiger partial charge in [0, 0.05) is 19.9 Å². The van der Waals surface area contributed by atoms with Gasteiger partial charge in [0.2, 0.25) is 5.78 Å². The minimum Gasteiger partial charge on any atom is -0.383 e. The number of nitrogens with one attached hydrogen (secondary N) is 2. The molecule has 2 heterocycles. The number of rotatable bonds is 6. The Morgan fingerprint density at radius 1 is 1.29 bits per heavy atom. The molecule has 0 bridgehead atoms. The molecule has 0 amide bonds. The Bertz CT molecular complexity index is 875. The number of carbonyl (C=O) groups is 1. The minimum absolute atomic E-state index is 0.0921. The Morgan fingerprint density at radius 3 is 2.75 bits per heavy atom. The molecule has 0 unspecified atom stereocenters. The first kappa shape index (κ1) is 16.0. The monoisotopic (exact) mass is 332 g/mol. The Labute approximate surface area is 135 Å². The van der Waals surface area contributed by atoms with Gasteiger partial charge < -0.3 is 15.0 Å². The first-order chi connectivity index (χ1) is 11.6. The molecule has 3 aromatic rings. The van der Waals surface area contributed by atoms with E-state index in [0.717, 1.165) is 12.1 Å². The number of carbonyl (C=O) groups excluding carboxylic acids is 1. The van der Waals surface area contributed by atoms with Crippen molar-refractivity contribution < 1.29 is 18.3 Å². The van der Waals surface area contributed by atoms with Gasteiger partial charge in [0.15, 0.2) is 0 Å². The number of fused-ring (bicyclic) bond motifs is 1. The molecule has 1 aromatic carbocycles. The number of H-pyrrole nitrogens is 1. The number of benzene rings is 1. The standard InChI is InChI=1S/C16H14F2N4O2/c1-24-6-5-19-15-12-9(7-20-16(12)22-8-21-15)14(23)13-10(17)3-2-4-11(13)18/h2-4,7-8H,5-6H2,1H3,(H2,19,20,21,22). The van der Waals surface area contributed by atoms with Crippen LogP contribution in [-0.2, 0) is 4.74 Å². The van der Waals surface area contributed by atoms with Crippen molar-refractivity contribution >= 4 is 22.6 Å². The summed E-state index contributed by atoms with van der Waals surface area (Å²) in [7, 11) is 1.56. The van der Waals surface area contributed by atoms with Crippen LogP contribution in [0.4, 0.5) is 14.6 Å². The van der Waals surface area contributed by atoms with Gasteiger partial charge in [-0.15, -0.1) is 0 Å². The van der Waals surface area contributed by atoms with Crippen molar-refractivity contribution in [1.29, 1.82) is 0 Å². The summed E-state index contributed by atoms with van der Waals surface area (Å²) in [5.74, 6) is -2.22. The maximum Gasteiger partial charge on any atom is 0.201 e. The van der Waals surface area contributed by atoms with Crippen molar-refractivity contribution in [2.45, 2.75) is 0 Å². The molecule has 2 N–H and O–H groups in total. The summed E-state index contributed by atoms with van der Waals surface area (Å²) in [4.78, 5) is 23.6. The third-order valence-corrected chi connectivity index (χ3v) is 3.50. The second-order valence-electron chi connectivity index (χ2n) is 4.99. The van der Waals surface area contributed by atoms with Crippen molar-refractivity contribution in [2.24, 2.45) is 0 Å². The van der Waals surface area contributed by atoms with E-state index < -0.39 is 23.0 Å². The zero-order chi connectivity index (χ0) is 17.1. The van der Waals surface area contributed by atoms with E-state index in [9.17, 15) is 13.6 Å². The molecular formula is C16H14F2N4O2. The average molecular weight is 332 g/mol. The molecule has 2 aromatic heterocycles. The Hall–Kier alpha value is -2.87. The predicted octanol–water partition coefficient (Wildman–Crippen LogP) is 2.53. The van der Waals surface area contributed by atoms with Gasteiger partial charge in [0.1, 0.15) is 29.4 Å². The minimum atomic E-state index is -0.917. The quantitative estimate of drug-likeness (QED) is 0.536. The maximum absolute atomic E-state index is 13.9. The predicted molar refractivity (Wildman–Crippen MR) is 84.0 cm³/mol. The third kappa shape index (κ3) is 2.83. The molecule has 24 heavy (non-hydrogen) atoms. The highest BCUT2D eigenvalue weighted by molar-refractivity contribution is 6.18. The fraction of sp³-hybridized carbons (Fsp3) is 0.188. The zero-order valence-electron chi connectivity index (χ0n) is 12.8. The molecular weight excluding hydrogens is 318 g/mol. The molecule has 3 rings (SSSR count). The summed E-state index contributed by atoms with van der Waals surface area (Å²) in [6.45, 7) is 0.886. The van der Waals surface area contributed by atoms with Crippen molar-refractivity contribution in [1.82, 2.24) is 15.0 Å². The largest absolute Gasteiger partial charge is 0.383 e. The number of hydrogen-bond acceptors (Lipinski definition) is 5. The highest BCUT2D eigenvalue weighted by atomic mass is 19.1. The number of aromatic amines is 1. The van der Waals surface area contributed by atoms with Gasteiger partial charge in [-0.1, -0.05) is 6.07 Å². The second kappa shape index (κ2) is 6.71. The van der Waals surface area contributed by atoms with E-state index in [0.29, 0.717) is 30.0 Å². The molecule has 0 radical (unpaired) electrons. The first-order valence-corrected chi connectivity index (χ1v) is 7.17.